The minimum absolute atomic E-state index is 0.464. The lowest BCUT2D eigenvalue weighted by atomic mass is 10.1. The molecule has 0 radical (unpaired) electrons. The number of fused-ring (bicyclic) bond motifs is 1. The highest BCUT2D eigenvalue weighted by molar-refractivity contribution is 5.92. The van der Waals surface area contributed by atoms with Crippen LogP contribution in [0.3, 0.4) is 0 Å². The van der Waals surface area contributed by atoms with Crippen molar-refractivity contribution in [1.29, 1.82) is 0 Å². The van der Waals surface area contributed by atoms with E-state index in [4.69, 9.17) is 29.9 Å². The quantitative estimate of drug-likeness (QED) is 0.590. The lowest BCUT2D eigenvalue weighted by molar-refractivity contribution is 0.355. The fourth-order valence-corrected chi connectivity index (χ4v) is 4.34. The Kier molecular flexibility index (Phi) is 5.28. The number of piperazine rings is 1. The largest absolute Gasteiger partial charge is 0.495 e. The zero-order valence-corrected chi connectivity index (χ0v) is 18.8. The Morgan fingerprint density at radius 1 is 0.812 bits per heavy atom. The first-order valence-electron chi connectivity index (χ1n) is 11.0. The van der Waals surface area contributed by atoms with Gasteiger partial charge in [-0.3, -0.25) is 0 Å². The molecule has 1 saturated carbocycles. The van der Waals surface area contributed by atoms with E-state index in [1.54, 1.807) is 21.3 Å². The van der Waals surface area contributed by atoms with Gasteiger partial charge >= 0.3 is 0 Å². The Morgan fingerprint density at radius 2 is 1.47 bits per heavy atom. The Balaban J connectivity index is 1.47. The van der Waals surface area contributed by atoms with Crippen molar-refractivity contribution in [3.8, 4) is 17.2 Å². The average molecular weight is 436 g/mol. The van der Waals surface area contributed by atoms with Gasteiger partial charge in [-0.1, -0.05) is 0 Å². The molecule has 0 unspecified atom stereocenters. The molecule has 3 aromatic rings. The molecule has 2 aliphatic rings. The standard InChI is InChI=1S/C24H29N5O3/c1-30-20-12-16(25)6-7-19(20)28-8-10-29(11-9-28)24-17-13-21(31-2)22(32-3)14-18(17)26-23(27-24)15-4-5-15/h6-7,12-15H,4-5,8-11,25H2,1-3H3. The lowest BCUT2D eigenvalue weighted by Gasteiger charge is -2.37. The molecule has 0 amide bonds. The molecular formula is C24H29N5O3. The smallest absolute Gasteiger partial charge is 0.162 e. The van der Waals surface area contributed by atoms with Crippen LogP contribution < -0.4 is 29.7 Å². The van der Waals surface area contributed by atoms with Crippen LogP contribution in [0.4, 0.5) is 17.2 Å². The number of rotatable bonds is 6. The monoisotopic (exact) mass is 435 g/mol. The van der Waals surface area contributed by atoms with Crippen molar-refractivity contribution in [2.75, 3.05) is 63.0 Å². The zero-order chi connectivity index (χ0) is 22.2. The van der Waals surface area contributed by atoms with Gasteiger partial charge in [-0.2, -0.15) is 0 Å². The maximum atomic E-state index is 5.93. The topological polar surface area (TPSA) is 86.0 Å². The van der Waals surface area contributed by atoms with Crippen molar-refractivity contribution in [3.63, 3.8) is 0 Å². The van der Waals surface area contributed by atoms with Gasteiger partial charge in [0.05, 0.1) is 32.5 Å². The molecule has 8 nitrogen and oxygen atoms in total. The molecule has 168 valence electrons. The van der Waals surface area contributed by atoms with E-state index in [0.29, 0.717) is 23.1 Å². The van der Waals surface area contributed by atoms with E-state index in [9.17, 15) is 0 Å². The van der Waals surface area contributed by atoms with Gasteiger partial charge in [-0.15, -0.1) is 0 Å². The van der Waals surface area contributed by atoms with E-state index >= 15 is 0 Å². The van der Waals surface area contributed by atoms with Crippen molar-refractivity contribution < 1.29 is 14.2 Å². The van der Waals surface area contributed by atoms with Gasteiger partial charge in [-0.25, -0.2) is 9.97 Å². The van der Waals surface area contributed by atoms with Gasteiger partial charge in [0, 0.05) is 55.3 Å². The molecule has 0 bridgehead atoms. The number of methoxy groups -OCH3 is 3. The van der Waals surface area contributed by atoms with Crippen LogP contribution in [0.15, 0.2) is 30.3 Å². The number of anilines is 3. The van der Waals surface area contributed by atoms with E-state index in [-0.39, 0.29) is 0 Å². The number of nitrogens with two attached hydrogens (primary N) is 1. The molecule has 2 N–H and O–H groups in total. The summed E-state index contributed by atoms with van der Waals surface area (Å²) in [6.07, 6.45) is 2.31. The Morgan fingerprint density at radius 3 is 2.12 bits per heavy atom. The summed E-state index contributed by atoms with van der Waals surface area (Å²) in [5.41, 5.74) is 8.60. The molecule has 1 aliphatic carbocycles. The van der Waals surface area contributed by atoms with E-state index in [1.165, 1.54) is 0 Å². The number of hydrogen-bond donors (Lipinski definition) is 1. The minimum atomic E-state index is 0.464. The lowest BCUT2D eigenvalue weighted by Crippen LogP contribution is -2.47. The summed E-state index contributed by atoms with van der Waals surface area (Å²) in [5.74, 6) is 4.55. The number of benzene rings is 2. The molecule has 0 atom stereocenters. The summed E-state index contributed by atoms with van der Waals surface area (Å²) in [6.45, 7) is 3.41. The Hall–Kier alpha value is -3.42. The summed E-state index contributed by atoms with van der Waals surface area (Å²) >= 11 is 0. The highest BCUT2D eigenvalue weighted by Crippen LogP contribution is 2.42. The number of aromatic nitrogens is 2. The third-order valence-corrected chi connectivity index (χ3v) is 6.26. The molecular weight excluding hydrogens is 406 g/mol. The van der Waals surface area contributed by atoms with Crippen LogP contribution in [-0.2, 0) is 0 Å². The number of ether oxygens (including phenoxy) is 3. The summed E-state index contributed by atoms with van der Waals surface area (Å²) in [7, 11) is 4.99. The maximum absolute atomic E-state index is 5.93. The Bertz CT molecular complexity index is 1140. The SMILES string of the molecule is COc1cc2nc(C3CC3)nc(N3CCN(c4ccc(N)cc4OC)CC3)c2cc1OC. The number of nitrogens with zero attached hydrogens (tertiary/aromatic N) is 4. The third-order valence-electron chi connectivity index (χ3n) is 6.26. The first-order chi connectivity index (χ1) is 15.6. The molecule has 32 heavy (non-hydrogen) atoms. The highest BCUT2D eigenvalue weighted by Gasteiger charge is 2.30. The fraction of sp³-hybridized carbons (Fsp3) is 0.417. The van der Waals surface area contributed by atoms with Gasteiger partial charge in [0.1, 0.15) is 17.4 Å². The zero-order valence-electron chi connectivity index (χ0n) is 18.8. The number of hydrogen-bond acceptors (Lipinski definition) is 8. The van der Waals surface area contributed by atoms with Crippen molar-refractivity contribution in [2.45, 2.75) is 18.8 Å². The summed E-state index contributed by atoms with van der Waals surface area (Å²) in [4.78, 5) is 14.6. The van der Waals surface area contributed by atoms with Gasteiger partial charge in [0.25, 0.3) is 0 Å². The first kappa shape index (κ1) is 20.5. The highest BCUT2D eigenvalue weighted by atomic mass is 16.5. The van der Waals surface area contributed by atoms with Gasteiger partial charge in [0.15, 0.2) is 11.5 Å². The van der Waals surface area contributed by atoms with Gasteiger partial charge in [0.2, 0.25) is 0 Å². The molecule has 5 rings (SSSR count). The molecule has 1 saturated heterocycles. The summed E-state index contributed by atoms with van der Waals surface area (Å²) in [6, 6.07) is 9.79. The maximum Gasteiger partial charge on any atom is 0.162 e. The molecule has 8 heteroatoms. The molecule has 2 heterocycles. The summed E-state index contributed by atoms with van der Waals surface area (Å²) < 4.78 is 16.6. The fourth-order valence-electron chi connectivity index (χ4n) is 4.34. The van der Waals surface area contributed by atoms with Crippen molar-refractivity contribution in [1.82, 2.24) is 9.97 Å². The van der Waals surface area contributed by atoms with Crippen molar-refractivity contribution in [2.24, 2.45) is 0 Å². The average Bonchev–Trinajstić information content (AvgIpc) is 3.68. The second-order valence-corrected chi connectivity index (χ2v) is 8.31. The molecule has 1 aliphatic heterocycles. The second kappa shape index (κ2) is 8.26. The summed E-state index contributed by atoms with van der Waals surface area (Å²) in [5, 5.41) is 0.991. The first-order valence-corrected chi connectivity index (χ1v) is 11.0. The third kappa shape index (κ3) is 3.70. The predicted octanol–water partition coefficient (Wildman–Crippen LogP) is 3.44. The van der Waals surface area contributed by atoms with Crippen LogP contribution in [0.1, 0.15) is 24.6 Å². The molecule has 0 spiro atoms. The van der Waals surface area contributed by atoms with Crippen molar-refractivity contribution >= 4 is 28.1 Å². The van der Waals surface area contributed by atoms with Crippen LogP contribution in [0, 0.1) is 0 Å². The van der Waals surface area contributed by atoms with E-state index < -0.39 is 0 Å². The normalized spacial score (nSPS) is 16.3. The van der Waals surface area contributed by atoms with Crippen LogP contribution in [0.2, 0.25) is 0 Å². The Labute approximate surface area is 187 Å². The van der Waals surface area contributed by atoms with Crippen LogP contribution in [0.25, 0.3) is 10.9 Å². The van der Waals surface area contributed by atoms with Gasteiger partial charge < -0.3 is 29.7 Å². The van der Waals surface area contributed by atoms with Crippen molar-refractivity contribution in [3.05, 3.63) is 36.2 Å². The van der Waals surface area contributed by atoms with E-state index in [1.807, 2.05) is 30.3 Å². The van der Waals surface area contributed by atoms with Gasteiger partial charge in [-0.05, 0) is 31.0 Å². The van der Waals surface area contributed by atoms with Crippen LogP contribution in [0.5, 0.6) is 17.2 Å². The second-order valence-electron chi connectivity index (χ2n) is 8.31. The molecule has 2 fully saturated rings. The molecule has 1 aromatic heterocycles. The number of nitrogen functional groups attached to an aromatic ring is 1. The minimum Gasteiger partial charge on any atom is -0.495 e. The van der Waals surface area contributed by atoms with E-state index in [0.717, 1.165) is 73.0 Å². The van der Waals surface area contributed by atoms with Crippen LogP contribution in [-0.4, -0.2) is 57.5 Å². The van der Waals surface area contributed by atoms with Crippen LogP contribution >= 0.6 is 0 Å². The predicted molar refractivity (Wildman–Crippen MR) is 126 cm³/mol. The van der Waals surface area contributed by atoms with E-state index in [2.05, 4.69) is 9.80 Å². The molecule has 2 aromatic carbocycles.